The van der Waals surface area contributed by atoms with E-state index in [1.165, 1.54) is 11.0 Å². The molecule has 0 fully saturated rings. The molecule has 0 aliphatic rings. The molecule has 148 valence electrons. The van der Waals surface area contributed by atoms with Crippen molar-refractivity contribution in [2.75, 3.05) is 5.75 Å². The van der Waals surface area contributed by atoms with Gasteiger partial charge in [-0.15, -0.1) is 11.8 Å². The van der Waals surface area contributed by atoms with E-state index >= 15 is 0 Å². The van der Waals surface area contributed by atoms with Crippen LogP contribution in [0.2, 0.25) is 10.0 Å². The molecular formula is C23H19Cl2FN2S. The fraction of sp³-hybridized carbons (Fsp3) is 0.174. The molecule has 1 heterocycles. The molecular weight excluding hydrogens is 426 g/mol. The van der Waals surface area contributed by atoms with Gasteiger partial charge in [-0.25, -0.2) is 9.37 Å². The predicted octanol–water partition coefficient (Wildman–Crippen LogP) is 7.70. The minimum atomic E-state index is -0.237. The van der Waals surface area contributed by atoms with Crippen molar-refractivity contribution in [1.82, 2.24) is 9.55 Å². The van der Waals surface area contributed by atoms with E-state index in [0.717, 1.165) is 28.8 Å². The summed E-state index contributed by atoms with van der Waals surface area (Å²) in [6, 6.07) is 18.4. The first-order valence-corrected chi connectivity index (χ1v) is 11.1. The lowest BCUT2D eigenvalue weighted by Crippen LogP contribution is -2.04. The second kappa shape index (κ2) is 8.78. The first-order chi connectivity index (χ1) is 14.1. The highest BCUT2D eigenvalue weighted by atomic mass is 35.5. The standard InChI is InChI=1S/C23H19Cl2FN2S/c1-2-11-29-17-8-10-21-22(13-17)28(14-15-5-3-4-6-20(15)26)23(27-21)18-9-7-16(24)12-19(18)25/h3-10,12-13H,2,11,14H2,1H3. The van der Waals surface area contributed by atoms with Crippen LogP contribution in [-0.4, -0.2) is 15.3 Å². The van der Waals surface area contributed by atoms with Gasteiger partial charge in [0.25, 0.3) is 0 Å². The third-order valence-corrected chi connectivity index (χ3v) is 6.40. The Kier molecular flexibility index (Phi) is 6.14. The number of halogens is 3. The minimum absolute atomic E-state index is 0.237. The Morgan fingerprint density at radius 3 is 2.62 bits per heavy atom. The number of benzene rings is 3. The second-order valence-electron chi connectivity index (χ2n) is 6.74. The van der Waals surface area contributed by atoms with Crippen molar-refractivity contribution in [3.8, 4) is 11.4 Å². The smallest absolute Gasteiger partial charge is 0.142 e. The van der Waals surface area contributed by atoms with E-state index in [0.29, 0.717) is 28.0 Å². The van der Waals surface area contributed by atoms with Crippen LogP contribution in [0.25, 0.3) is 22.4 Å². The summed E-state index contributed by atoms with van der Waals surface area (Å²) in [4.78, 5) is 5.99. The van der Waals surface area contributed by atoms with Crippen molar-refractivity contribution in [2.24, 2.45) is 0 Å². The summed E-state index contributed by atoms with van der Waals surface area (Å²) in [5, 5.41) is 1.08. The number of fused-ring (bicyclic) bond motifs is 1. The summed E-state index contributed by atoms with van der Waals surface area (Å²) in [6.45, 7) is 2.52. The lowest BCUT2D eigenvalue weighted by Gasteiger charge is -2.12. The first kappa shape index (κ1) is 20.3. The number of hydrogen-bond acceptors (Lipinski definition) is 2. The molecule has 4 aromatic rings. The van der Waals surface area contributed by atoms with E-state index in [1.54, 1.807) is 36.0 Å². The van der Waals surface area contributed by atoms with E-state index < -0.39 is 0 Å². The van der Waals surface area contributed by atoms with Crippen molar-refractivity contribution in [3.63, 3.8) is 0 Å². The highest BCUT2D eigenvalue weighted by molar-refractivity contribution is 7.99. The van der Waals surface area contributed by atoms with Crippen LogP contribution < -0.4 is 0 Å². The lowest BCUT2D eigenvalue weighted by atomic mass is 10.2. The van der Waals surface area contributed by atoms with Crippen LogP contribution in [-0.2, 0) is 6.54 Å². The van der Waals surface area contributed by atoms with Gasteiger partial charge in [-0.2, -0.15) is 0 Å². The minimum Gasteiger partial charge on any atom is -0.319 e. The molecule has 0 atom stereocenters. The Bertz CT molecular complexity index is 1170. The molecule has 0 amide bonds. The average Bonchev–Trinajstić information content (AvgIpc) is 3.05. The zero-order valence-corrected chi connectivity index (χ0v) is 18.2. The molecule has 0 N–H and O–H groups in total. The van der Waals surface area contributed by atoms with Gasteiger partial charge in [-0.05, 0) is 54.6 Å². The molecule has 1 aromatic heterocycles. The number of hydrogen-bond donors (Lipinski definition) is 0. The van der Waals surface area contributed by atoms with E-state index in [1.807, 2.05) is 22.8 Å². The monoisotopic (exact) mass is 444 g/mol. The summed E-state index contributed by atoms with van der Waals surface area (Å²) < 4.78 is 16.4. The Balaban J connectivity index is 1.90. The normalized spacial score (nSPS) is 11.3. The van der Waals surface area contributed by atoms with E-state index in [9.17, 15) is 4.39 Å². The van der Waals surface area contributed by atoms with Crippen molar-refractivity contribution < 1.29 is 4.39 Å². The maximum atomic E-state index is 14.4. The van der Waals surface area contributed by atoms with Gasteiger partial charge in [0.2, 0.25) is 0 Å². The Morgan fingerprint density at radius 1 is 1.03 bits per heavy atom. The molecule has 0 aliphatic heterocycles. The largest absolute Gasteiger partial charge is 0.319 e. The van der Waals surface area contributed by atoms with Crippen molar-refractivity contribution in [2.45, 2.75) is 24.8 Å². The molecule has 0 saturated carbocycles. The van der Waals surface area contributed by atoms with Crippen LogP contribution in [0, 0.1) is 5.82 Å². The average molecular weight is 445 g/mol. The van der Waals surface area contributed by atoms with E-state index in [2.05, 4.69) is 19.1 Å². The second-order valence-corrected chi connectivity index (χ2v) is 8.75. The summed E-state index contributed by atoms with van der Waals surface area (Å²) in [6.07, 6.45) is 1.10. The molecule has 29 heavy (non-hydrogen) atoms. The topological polar surface area (TPSA) is 17.8 Å². The predicted molar refractivity (Wildman–Crippen MR) is 122 cm³/mol. The van der Waals surface area contributed by atoms with E-state index in [4.69, 9.17) is 28.2 Å². The van der Waals surface area contributed by atoms with Gasteiger partial charge in [0.1, 0.15) is 11.6 Å². The zero-order valence-electron chi connectivity index (χ0n) is 15.8. The number of thioether (sulfide) groups is 1. The number of aromatic nitrogens is 2. The van der Waals surface area contributed by atoms with Crippen LogP contribution >= 0.6 is 35.0 Å². The number of imidazole rings is 1. The van der Waals surface area contributed by atoms with Gasteiger partial charge in [-0.3, -0.25) is 0 Å². The maximum absolute atomic E-state index is 14.4. The fourth-order valence-electron chi connectivity index (χ4n) is 3.25. The SMILES string of the molecule is CCCSc1ccc2nc(-c3ccc(Cl)cc3Cl)n(Cc3ccccc3F)c2c1. The molecule has 0 saturated heterocycles. The number of nitrogens with zero attached hydrogens (tertiary/aromatic N) is 2. The molecule has 0 radical (unpaired) electrons. The van der Waals surface area contributed by atoms with Gasteiger partial charge < -0.3 is 4.57 Å². The molecule has 0 bridgehead atoms. The quantitative estimate of drug-likeness (QED) is 0.283. The van der Waals surface area contributed by atoms with Crippen molar-refractivity contribution in [3.05, 3.63) is 82.1 Å². The molecule has 0 spiro atoms. The highest BCUT2D eigenvalue weighted by Gasteiger charge is 2.17. The molecule has 0 aliphatic carbocycles. The summed E-state index contributed by atoms with van der Waals surface area (Å²) in [5.41, 5.74) is 3.18. The van der Waals surface area contributed by atoms with Crippen molar-refractivity contribution >= 4 is 46.0 Å². The highest BCUT2D eigenvalue weighted by Crippen LogP contribution is 2.34. The molecule has 3 aromatic carbocycles. The molecule has 4 rings (SSSR count). The van der Waals surface area contributed by atoms with Crippen LogP contribution in [0.1, 0.15) is 18.9 Å². The van der Waals surface area contributed by atoms with Crippen LogP contribution in [0.5, 0.6) is 0 Å². The molecule has 2 nitrogen and oxygen atoms in total. The lowest BCUT2D eigenvalue weighted by molar-refractivity contribution is 0.602. The van der Waals surface area contributed by atoms with Gasteiger partial charge in [0.05, 0.1) is 22.6 Å². The summed E-state index contributed by atoms with van der Waals surface area (Å²) in [7, 11) is 0. The van der Waals surface area contributed by atoms with Crippen LogP contribution in [0.3, 0.4) is 0 Å². The Hall–Kier alpha value is -2.01. The van der Waals surface area contributed by atoms with Crippen LogP contribution in [0.4, 0.5) is 4.39 Å². The van der Waals surface area contributed by atoms with Gasteiger partial charge >= 0.3 is 0 Å². The third kappa shape index (κ3) is 4.30. The molecule has 6 heteroatoms. The van der Waals surface area contributed by atoms with Gasteiger partial charge in [-0.1, -0.05) is 48.3 Å². The van der Waals surface area contributed by atoms with Gasteiger partial charge in [0.15, 0.2) is 0 Å². The van der Waals surface area contributed by atoms with E-state index in [-0.39, 0.29) is 5.82 Å². The fourth-order valence-corrected chi connectivity index (χ4v) is 4.54. The number of rotatable bonds is 6. The third-order valence-electron chi connectivity index (χ3n) is 4.65. The first-order valence-electron chi connectivity index (χ1n) is 9.38. The van der Waals surface area contributed by atoms with Gasteiger partial charge in [0, 0.05) is 21.0 Å². The maximum Gasteiger partial charge on any atom is 0.142 e. The molecule has 0 unspecified atom stereocenters. The summed E-state index contributed by atoms with van der Waals surface area (Å²) in [5.74, 6) is 1.50. The summed E-state index contributed by atoms with van der Waals surface area (Å²) >= 11 is 14.4. The van der Waals surface area contributed by atoms with Crippen LogP contribution in [0.15, 0.2) is 65.6 Å². The Labute approximate surface area is 183 Å². The van der Waals surface area contributed by atoms with Crippen molar-refractivity contribution in [1.29, 1.82) is 0 Å². The Morgan fingerprint density at radius 2 is 1.86 bits per heavy atom. The zero-order chi connectivity index (χ0) is 20.4.